The number of benzene rings is 2. The Morgan fingerprint density at radius 1 is 1.00 bits per heavy atom. The van der Waals surface area contributed by atoms with Gasteiger partial charge in [0, 0.05) is 49.0 Å². The lowest BCUT2D eigenvalue weighted by atomic mass is 9.99. The van der Waals surface area contributed by atoms with Crippen LogP contribution in [0.25, 0.3) is 0 Å². The maximum absolute atomic E-state index is 13.2. The van der Waals surface area contributed by atoms with Crippen LogP contribution in [0.1, 0.15) is 32.1 Å². The number of ether oxygens (including phenoxy) is 3. The monoisotopic (exact) mass is 518 g/mol. The van der Waals surface area contributed by atoms with E-state index in [4.69, 9.17) is 25.8 Å². The highest BCUT2D eigenvalue weighted by molar-refractivity contribution is 6.30. The molecule has 3 heterocycles. The van der Waals surface area contributed by atoms with Crippen molar-refractivity contribution in [1.82, 2.24) is 10.2 Å². The van der Waals surface area contributed by atoms with Gasteiger partial charge in [0.25, 0.3) is 5.91 Å². The summed E-state index contributed by atoms with van der Waals surface area (Å²) in [5, 5.41) is 12.5. The summed E-state index contributed by atoms with van der Waals surface area (Å²) in [7, 11) is 0. The van der Waals surface area contributed by atoms with Crippen LogP contribution in [0.4, 0.5) is 4.39 Å². The molecule has 5 rings (SSSR count). The number of nitrogens with one attached hydrogen (secondary N) is 1. The van der Waals surface area contributed by atoms with Gasteiger partial charge in [-0.3, -0.25) is 9.59 Å². The van der Waals surface area contributed by atoms with Crippen molar-refractivity contribution >= 4 is 23.5 Å². The van der Waals surface area contributed by atoms with Crippen LogP contribution in [0.15, 0.2) is 42.5 Å². The fourth-order valence-electron chi connectivity index (χ4n) is 5.40. The van der Waals surface area contributed by atoms with Crippen LogP contribution in [-0.2, 0) is 9.59 Å². The highest BCUT2D eigenvalue weighted by Gasteiger charge is 2.44. The summed E-state index contributed by atoms with van der Waals surface area (Å²) in [6.45, 7) is 0.245. The van der Waals surface area contributed by atoms with Gasteiger partial charge in [0.1, 0.15) is 29.8 Å². The van der Waals surface area contributed by atoms with E-state index in [0.29, 0.717) is 48.1 Å². The summed E-state index contributed by atoms with van der Waals surface area (Å²) in [5.41, 5.74) is 0. The third kappa shape index (κ3) is 5.52. The molecule has 8 nitrogen and oxygen atoms in total. The number of carboxylic acid groups (broad SMARTS) is 1. The number of carbonyl (C=O) groups excluding carboxylic acids is 1. The molecule has 3 aliphatic heterocycles. The number of aliphatic carboxylic acids is 1. The van der Waals surface area contributed by atoms with E-state index in [-0.39, 0.29) is 42.6 Å². The molecule has 36 heavy (non-hydrogen) atoms. The lowest BCUT2D eigenvalue weighted by molar-refractivity contribution is -0.140. The SMILES string of the molecule is O=C(O)[C@@H]1CC(Oc2cc(Cl)ccc2OCC(=O)N2[C@@H]3CC[C@H]2CC(Oc2ccc(F)cc2)C3)CN1. The van der Waals surface area contributed by atoms with Gasteiger partial charge in [-0.15, -0.1) is 0 Å². The Morgan fingerprint density at radius 2 is 1.72 bits per heavy atom. The van der Waals surface area contributed by atoms with E-state index >= 15 is 0 Å². The van der Waals surface area contributed by atoms with Gasteiger partial charge in [-0.2, -0.15) is 0 Å². The Hall–Kier alpha value is -3.04. The van der Waals surface area contributed by atoms with Crippen molar-refractivity contribution in [1.29, 1.82) is 0 Å². The minimum Gasteiger partial charge on any atom is -0.490 e. The molecule has 0 saturated carbocycles. The molecule has 0 radical (unpaired) electrons. The summed E-state index contributed by atoms with van der Waals surface area (Å²) in [4.78, 5) is 26.3. The third-order valence-electron chi connectivity index (χ3n) is 7.03. The lowest BCUT2D eigenvalue weighted by Gasteiger charge is -2.38. The number of hydrogen-bond acceptors (Lipinski definition) is 6. The molecule has 10 heteroatoms. The number of piperidine rings is 1. The van der Waals surface area contributed by atoms with Crippen molar-refractivity contribution in [2.75, 3.05) is 13.2 Å². The first-order valence-corrected chi connectivity index (χ1v) is 12.5. The molecule has 0 aliphatic carbocycles. The zero-order valence-electron chi connectivity index (χ0n) is 19.6. The Balaban J connectivity index is 1.18. The van der Waals surface area contributed by atoms with Gasteiger partial charge in [0.2, 0.25) is 0 Å². The van der Waals surface area contributed by atoms with Crippen LogP contribution >= 0.6 is 11.6 Å². The molecule has 1 amide bonds. The highest BCUT2D eigenvalue weighted by atomic mass is 35.5. The van der Waals surface area contributed by atoms with Crippen molar-refractivity contribution in [2.45, 2.75) is 62.4 Å². The number of fused-ring (bicyclic) bond motifs is 2. The van der Waals surface area contributed by atoms with Gasteiger partial charge >= 0.3 is 5.97 Å². The van der Waals surface area contributed by atoms with Crippen molar-refractivity contribution in [2.24, 2.45) is 0 Å². The molecule has 2 N–H and O–H groups in total. The number of nitrogens with zero attached hydrogens (tertiary/aromatic N) is 1. The van der Waals surface area contributed by atoms with Gasteiger partial charge in [-0.05, 0) is 49.2 Å². The smallest absolute Gasteiger partial charge is 0.320 e. The minimum atomic E-state index is -0.921. The summed E-state index contributed by atoms with van der Waals surface area (Å²) >= 11 is 6.14. The molecule has 3 aliphatic rings. The topological polar surface area (TPSA) is 97.3 Å². The molecule has 2 unspecified atom stereocenters. The summed E-state index contributed by atoms with van der Waals surface area (Å²) in [5.74, 6) is 0.0662. The van der Waals surface area contributed by atoms with E-state index < -0.39 is 12.0 Å². The normalized spacial score (nSPS) is 27.1. The van der Waals surface area contributed by atoms with Gasteiger partial charge in [-0.1, -0.05) is 11.6 Å². The van der Waals surface area contributed by atoms with Crippen molar-refractivity contribution in [3.63, 3.8) is 0 Å². The van der Waals surface area contributed by atoms with Gasteiger partial charge in [0.05, 0.1) is 0 Å². The van der Waals surface area contributed by atoms with Crippen LogP contribution in [0, 0.1) is 5.82 Å². The summed E-state index contributed by atoms with van der Waals surface area (Å²) in [6.07, 6.45) is 3.20. The lowest BCUT2D eigenvalue weighted by Crippen LogP contribution is -2.50. The van der Waals surface area contributed by atoms with Gasteiger partial charge < -0.3 is 29.5 Å². The van der Waals surface area contributed by atoms with E-state index in [2.05, 4.69) is 5.32 Å². The molecule has 2 aromatic carbocycles. The number of halogens is 2. The molecule has 2 aromatic rings. The van der Waals surface area contributed by atoms with E-state index in [1.807, 2.05) is 4.90 Å². The predicted molar refractivity (Wildman–Crippen MR) is 129 cm³/mol. The number of rotatable bonds is 8. The van der Waals surface area contributed by atoms with Crippen LogP contribution < -0.4 is 19.5 Å². The quantitative estimate of drug-likeness (QED) is 0.550. The summed E-state index contributed by atoms with van der Waals surface area (Å²) in [6, 6.07) is 10.4. The molecule has 3 fully saturated rings. The van der Waals surface area contributed by atoms with Crippen molar-refractivity contribution in [3.05, 3.63) is 53.3 Å². The van der Waals surface area contributed by atoms with Crippen molar-refractivity contribution < 1.29 is 33.3 Å². The Bertz CT molecular complexity index is 1100. The number of carboxylic acids is 1. The van der Waals surface area contributed by atoms with Crippen molar-refractivity contribution in [3.8, 4) is 17.2 Å². The molecule has 0 aromatic heterocycles. The summed E-state index contributed by atoms with van der Waals surface area (Å²) < 4.78 is 31.1. The van der Waals surface area contributed by atoms with E-state index in [1.165, 1.54) is 12.1 Å². The molecular weight excluding hydrogens is 491 g/mol. The van der Waals surface area contributed by atoms with E-state index in [0.717, 1.165) is 12.8 Å². The second-order valence-corrected chi connectivity index (χ2v) is 9.94. The second kappa shape index (κ2) is 10.5. The maximum atomic E-state index is 13.2. The molecule has 0 spiro atoms. The Labute approximate surface area is 213 Å². The zero-order valence-corrected chi connectivity index (χ0v) is 20.3. The van der Waals surface area contributed by atoms with Crippen LogP contribution in [0.5, 0.6) is 17.2 Å². The second-order valence-electron chi connectivity index (χ2n) is 9.51. The molecule has 3 saturated heterocycles. The average Bonchev–Trinajstić information content (AvgIpc) is 3.42. The highest BCUT2D eigenvalue weighted by Crippen LogP contribution is 2.38. The first-order chi connectivity index (χ1) is 17.4. The number of hydrogen-bond donors (Lipinski definition) is 2. The Kier molecular flexibility index (Phi) is 7.20. The molecule has 192 valence electrons. The van der Waals surface area contributed by atoms with E-state index in [1.54, 1.807) is 30.3 Å². The number of carbonyl (C=O) groups is 2. The fraction of sp³-hybridized carbons (Fsp3) is 0.462. The molecule has 2 bridgehead atoms. The molecular formula is C26H28ClFN2O6. The first-order valence-electron chi connectivity index (χ1n) is 12.1. The van der Waals surface area contributed by atoms with Gasteiger partial charge in [-0.25, -0.2) is 4.39 Å². The standard InChI is InChI=1S/C26H28ClFN2O6/c27-15-1-8-23(24(9-15)36-21-12-22(26(32)33)29-13-21)34-14-25(31)30-17-4-5-18(30)11-20(10-17)35-19-6-2-16(28)3-7-19/h1-3,6-9,17-18,20-22,29H,4-5,10-14H2,(H,32,33)/t17-,18+,20?,21?,22-/m0/s1. The first kappa shape index (κ1) is 24.6. The largest absolute Gasteiger partial charge is 0.490 e. The molecule has 5 atom stereocenters. The maximum Gasteiger partial charge on any atom is 0.320 e. The average molecular weight is 519 g/mol. The number of amides is 1. The van der Waals surface area contributed by atoms with Crippen LogP contribution in [0.2, 0.25) is 5.02 Å². The van der Waals surface area contributed by atoms with Crippen LogP contribution in [-0.4, -0.2) is 65.4 Å². The fourth-order valence-corrected chi connectivity index (χ4v) is 5.57. The Morgan fingerprint density at radius 3 is 2.39 bits per heavy atom. The van der Waals surface area contributed by atoms with Gasteiger partial charge in [0.15, 0.2) is 18.1 Å². The zero-order chi connectivity index (χ0) is 25.2. The minimum absolute atomic E-state index is 0.0242. The third-order valence-corrected chi connectivity index (χ3v) is 7.27. The van der Waals surface area contributed by atoms with Crippen LogP contribution in [0.3, 0.4) is 0 Å². The van der Waals surface area contributed by atoms with E-state index in [9.17, 15) is 19.1 Å². The predicted octanol–water partition coefficient (Wildman–Crippen LogP) is 3.65.